The minimum Gasteiger partial charge on any atom is -0.469 e. The monoisotopic (exact) mass is 359 g/mol. The molecule has 0 unspecified atom stereocenters. The van der Waals surface area contributed by atoms with Crippen molar-refractivity contribution in [1.29, 1.82) is 0 Å². The van der Waals surface area contributed by atoms with E-state index in [1.165, 1.54) is 18.1 Å². The van der Waals surface area contributed by atoms with Gasteiger partial charge in [0.1, 0.15) is 0 Å². The lowest BCUT2D eigenvalue weighted by Gasteiger charge is -2.20. The van der Waals surface area contributed by atoms with E-state index >= 15 is 0 Å². The zero-order valence-electron chi connectivity index (χ0n) is 13.1. The molecule has 0 aromatic heterocycles. The van der Waals surface area contributed by atoms with Gasteiger partial charge in [0.15, 0.2) is 0 Å². The number of ether oxygens (including phenoxy) is 2. The number of carbonyl (C=O) groups is 2. The maximum absolute atomic E-state index is 12.2. The summed E-state index contributed by atoms with van der Waals surface area (Å²) in [7, 11) is 2.86. The summed E-state index contributed by atoms with van der Waals surface area (Å²) in [5.74, 6) is -0.592. The van der Waals surface area contributed by atoms with Crippen LogP contribution < -0.4 is 0 Å². The summed E-state index contributed by atoms with van der Waals surface area (Å²) >= 11 is 11.8. The first kappa shape index (κ1) is 19.5. The van der Waals surface area contributed by atoms with Gasteiger partial charge < -0.3 is 14.4 Å². The highest BCUT2D eigenvalue weighted by Crippen LogP contribution is 2.23. The summed E-state index contributed by atoms with van der Waals surface area (Å²) in [6.07, 6.45) is 3.20. The van der Waals surface area contributed by atoms with Crippen LogP contribution in [0.1, 0.15) is 12.0 Å². The fourth-order valence-corrected chi connectivity index (χ4v) is 2.06. The molecule has 0 atom stereocenters. The number of esters is 1. The zero-order valence-corrected chi connectivity index (χ0v) is 14.6. The van der Waals surface area contributed by atoms with E-state index in [1.54, 1.807) is 31.4 Å². The summed E-state index contributed by atoms with van der Waals surface area (Å²) in [6, 6.07) is 5.08. The van der Waals surface area contributed by atoms with Crippen LogP contribution in [-0.2, 0) is 19.1 Å². The Labute approximate surface area is 145 Å². The Kier molecular flexibility index (Phi) is 8.69. The fourth-order valence-electron chi connectivity index (χ4n) is 1.75. The number of benzene rings is 1. The molecule has 0 saturated carbocycles. The summed E-state index contributed by atoms with van der Waals surface area (Å²) in [5, 5.41) is 0.873. The van der Waals surface area contributed by atoms with Gasteiger partial charge in [-0.05, 0) is 23.8 Å². The van der Waals surface area contributed by atoms with Gasteiger partial charge in [-0.25, -0.2) is 0 Å². The molecule has 7 heteroatoms. The van der Waals surface area contributed by atoms with Crippen molar-refractivity contribution >= 4 is 41.2 Å². The Balaban J connectivity index is 2.72. The molecule has 23 heavy (non-hydrogen) atoms. The Bertz CT molecular complexity index is 575. The number of nitrogens with zero attached hydrogens (tertiary/aromatic N) is 1. The molecule has 0 bridgehead atoms. The van der Waals surface area contributed by atoms with Crippen LogP contribution in [-0.4, -0.2) is 50.7 Å². The number of hydrogen-bond donors (Lipinski definition) is 0. The third-order valence-corrected chi connectivity index (χ3v) is 3.79. The van der Waals surface area contributed by atoms with Crippen LogP contribution >= 0.6 is 23.2 Å². The van der Waals surface area contributed by atoms with Gasteiger partial charge in [0, 0.05) is 26.3 Å². The second-order valence-electron chi connectivity index (χ2n) is 4.65. The standard InChI is InChI=1S/C16H19Cl2NO4/c1-22-10-9-19(8-7-16(21)23-2)15(20)6-4-12-3-5-13(17)14(18)11-12/h3-6,11H,7-10H2,1-2H3. The fraction of sp³-hybridized carbons (Fsp3) is 0.375. The molecule has 0 N–H and O–H groups in total. The first-order chi connectivity index (χ1) is 11.0. The average Bonchev–Trinajstić information content (AvgIpc) is 2.55. The van der Waals surface area contributed by atoms with Crippen molar-refractivity contribution in [3.05, 3.63) is 39.9 Å². The highest BCUT2D eigenvalue weighted by Gasteiger charge is 2.12. The van der Waals surface area contributed by atoms with Gasteiger partial charge in [-0.2, -0.15) is 0 Å². The lowest BCUT2D eigenvalue weighted by Crippen LogP contribution is -2.34. The van der Waals surface area contributed by atoms with Gasteiger partial charge in [0.2, 0.25) is 5.91 Å². The molecule has 1 aromatic rings. The molecule has 0 aliphatic heterocycles. The van der Waals surface area contributed by atoms with E-state index in [0.29, 0.717) is 23.2 Å². The van der Waals surface area contributed by atoms with Crippen molar-refractivity contribution < 1.29 is 19.1 Å². The van der Waals surface area contributed by atoms with Crippen molar-refractivity contribution in [3.8, 4) is 0 Å². The predicted octanol–water partition coefficient (Wildman–Crippen LogP) is 3.04. The molecule has 0 spiro atoms. The van der Waals surface area contributed by atoms with Crippen molar-refractivity contribution in [2.75, 3.05) is 33.9 Å². The molecule has 1 amide bonds. The molecule has 0 aliphatic rings. The quantitative estimate of drug-likeness (QED) is 0.528. The summed E-state index contributed by atoms with van der Waals surface area (Å²) in [4.78, 5) is 25.0. The normalized spacial score (nSPS) is 10.8. The zero-order chi connectivity index (χ0) is 17.2. The molecule has 1 aromatic carbocycles. The summed E-state index contributed by atoms with van der Waals surface area (Å²) in [6.45, 7) is 1.03. The van der Waals surface area contributed by atoms with Crippen molar-refractivity contribution in [1.82, 2.24) is 4.90 Å². The number of amides is 1. The Morgan fingerprint density at radius 1 is 1.17 bits per heavy atom. The minimum absolute atomic E-state index is 0.132. The van der Waals surface area contributed by atoms with Crippen molar-refractivity contribution in [3.63, 3.8) is 0 Å². The largest absolute Gasteiger partial charge is 0.469 e. The molecular weight excluding hydrogens is 341 g/mol. The number of hydrogen-bond acceptors (Lipinski definition) is 4. The molecule has 1 rings (SSSR count). The van der Waals surface area contributed by atoms with Gasteiger partial charge in [0.05, 0.1) is 30.2 Å². The SMILES string of the molecule is COCCN(CCC(=O)OC)C(=O)C=Cc1ccc(Cl)c(Cl)c1. The van der Waals surface area contributed by atoms with Crippen LogP contribution in [0.15, 0.2) is 24.3 Å². The van der Waals surface area contributed by atoms with Crippen molar-refractivity contribution in [2.45, 2.75) is 6.42 Å². The summed E-state index contributed by atoms with van der Waals surface area (Å²) < 4.78 is 9.57. The summed E-state index contributed by atoms with van der Waals surface area (Å²) in [5.41, 5.74) is 0.757. The Morgan fingerprint density at radius 2 is 1.91 bits per heavy atom. The van der Waals surface area contributed by atoms with E-state index in [1.807, 2.05) is 0 Å². The van der Waals surface area contributed by atoms with Gasteiger partial charge in [0.25, 0.3) is 0 Å². The second-order valence-corrected chi connectivity index (χ2v) is 5.47. The van der Waals surface area contributed by atoms with E-state index < -0.39 is 0 Å². The molecule has 0 aliphatic carbocycles. The van der Waals surface area contributed by atoms with E-state index in [2.05, 4.69) is 4.74 Å². The first-order valence-corrected chi connectivity index (χ1v) is 7.71. The smallest absolute Gasteiger partial charge is 0.307 e. The van der Waals surface area contributed by atoms with Crippen LogP contribution in [0.25, 0.3) is 6.08 Å². The van der Waals surface area contributed by atoms with Crippen LogP contribution in [0, 0.1) is 0 Å². The number of methoxy groups -OCH3 is 2. The highest BCUT2D eigenvalue weighted by atomic mass is 35.5. The van der Waals surface area contributed by atoms with Crippen LogP contribution in [0.4, 0.5) is 0 Å². The van der Waals surface area contributed by atoms with E-state index in [9.17, 15) is 9.59 Å². The molecule has 0 heterocycles. The van der Waals surface area contributed by atoms with Gasteiger partial charge in [-0.15, -0.1) is 0 Å². The van der Waals surface area contributed by atoms with Crippen LogP contribution in [0.3, 0.4) is 0 Å². The molecular formula is C16H19Cl2NO4. The van der Waals surface area contributed by atoms with E-state index in [-0.39, 0.29) is 24.8 Å². The minimum atomic E-state index is -0.367. The second kappa shape index (κ2) is 10.3. The van der Waals surface area contributed by atoms with Crippen LogP contribution in [0.2, 0.25) is 10.0 Å². The van der Waals surface area contributed by atoms with E-state index in [0.717, 1.165) is 5.56 Å². The molecule has 126 valence electrons. The Morgan fingerprint density at radius 3 is 2.52 bits per heavy atom. The van der Waals surface area contributed by atoms with E-state index in [4.69, 9.17) is 27.9 Å². The molecule has 0 fully saturated rings. The van der Waals surface area contributed by atoms with Crippen molar-refractivity contribution in [2.24, 2.45) is 0 Å². The number of rotatable bonds is 8. The highest BCUT2D eigenvalue weighted by molar-refractivity contribution is 6.42. The number of carbonyl (C=O) groups excluding carboxylic acids is 2. The van der Waals surface area contributed by atoms with Gasteiger partial charge in [-0.1, -0.05) is 29.3 Å². The number of halogens is 2. The predicted molar refractivity (Wildman–Crippen MR) is 90.6 cm³/mol. The maximum Gasteiger partial charge on any atom is 0.307 e. The molecule has 5 nitrogen and oxygen atoms in total. The first-order valence-electron chi connectivity index (χ1n) is 6.95. The lowest BCUT2D eigenvalue weighted by molar-refractivity contribution is -0.141. The lowest BCUT2D eigenvalue weighted by atomic mass is 10.2. The maximum atomic E-state index is 12.2. The van der Waals surface area contributed by atoms with Crippen LogP contribution in [0.5, 0.6) is 0 Å². The van der Waals surface area contributed by atoms with Gasteiger partial charge in [-0.3, -0.25) is 9.59 Å². The third kappa shape index (κ3) is 7.03. The average molecular weight is 360 g/mol. The molecule has 0 saturated heterocycles. The van der Waals surface area contributed by atoms with Gasteiger partial charge >= 0.3 is 5.97 Å². The molecule has 0 radical (unpaired) electrons. The Hall–Kier alpha value is -1.56. The topological polar surface area (TPSA) is 55.8 Å². The third-order valence-electron chi connectivity index (χ3n) is 3.05.